The minimum Gasteiger partial charge on any atom is -0.396 e. The SMILES string of the molecule is CN1CCCCC1Cc1cc(N)c(Cl)nn1. The largest absolute Gasteiger partial charge is 0.396 e. The standard InChI is InChI=1S/C11H17ClN4/c1-16-5-3-2-4-9(16)6-8-7-10(13)11(12)15-14-8/h7,9H,2-6H2,1H3,(H2,13,14). The van der Waals surface area contributed by atoms with Crippen LogP contribution in [0.2, 0.25) is 5.15 Å². The molecule has 2 rings (SSSR count). The summed E-state index contributed by atoms with van der Waals surface area (Å²) in [6.45, 7) is 1.17. The Kier molecular flexibility index (Phi) is 3.61. The highest BCUT2D eigenvalue weighted by Crippen LogP contribution is 2.20. The van der Waals surface area contributed by atoms with Gasteiger partial charge in [0.2, 0.25) is 0 Å². The molecule has 0 saturated carbocycles. The third-order valence-electron chi connectivity index (χ3n) is 3.19. The Balaban J connectivity index is 2.05. The second kappa shape index (κ2) is 4.97. The Hall–Kier alpha value is -0.870. The molecule has 1 aliphatic rings. The maximum atomic E-state index is 5.74. The second-order valence-corrected chi connectivity index (χ2v) is 4.77. The van der Waals surface area contributed by atoms with Crippen molar-refractivity contribution >= 4 is 17.3 Å². The first kappa shape index (κ1) is 11.6. The van der Waals surface area contributed by atoms with E-state index >= 15 is 0 Å². The van der Waals surface area contributed by atoms with E-state index in [4.69, 9.17) is 17.3 Å². The third kappa shape index (κ3) is 2.62. The molecule has 0 radical (unpaired) electrons. The molecule has 16 heavy (non-hydrogen) atoms. The first-order valence-electron chi connectivity index (χ1n) is 5.64. The molecule has 0 amide bonds. The number of nitrogens with two attached hydrogens (primary N) is 1. The van der Waals surface area contributed by atoms with Gasteiger partial charge in [-0.3, -0.25) is 0 Å². The molecule has 5 heteroatoms. The van der Waals surface area contributed by atoms with Gasteiger partial charge in [-0.2, -0.15) is 5.10 Å². The molecule has 4 nitrogen and oxygen atoms in total. The average Bonchev–Trinajstić information content (AvgIpc) is 2.27. The van der Waals surface area contributed by atoms with E-state index in [1.807, 2.05) is 6.07 Å². The second-order valence-electron chi connectivity index (χ2n) is 4.42. The van der Waals surface area contributed by atoms with Gasteiger partial charge < -0.3 is 10.6 Å². The first-order chi connectivity index (χ1) is 7.66. The van der Waals surface area contributed by atoms with Crippen molar-refractivity contribution in [3.63, 3.8) is 0 Å². The van der Waals surface area contributed by atoms with Crippen LogP contribution in [0.1, 0.15) is 25.0 Å². The van der Waals surface area contributed by atoms with Crippen LogP contribution in [0.4, 0.5) is 5.69 Å². The van der Waals surface area contributed by atoms with E-state index in [-0.39, 0.29) is 0 Å². The summed E-state index contributed by atoms with van der Waals surface area (Å²) >= 11 is 5.74. The van der Waals surface area contributed by atoms with Gasteiger partial charge in [0.1, 0.15) is 0 Å². The predicted octanol–water partition coefficient (Wildman–Crippen LogP) is 1.74. The van der Waals surface area contributed by atoms with Gasteiger partial charge >= 0.3 is 0 Å². The summed E-state index contributed by atoms with van der Waals surface area (Å²) in [5.74, 6) is 0. The lowest BCUT2D eigenvalue weighted by atomic mass is 9.98. The highest BCUT2D eigenvalue weighted by Gasteiger charge is 2.20. The summed E-state index contributed by atoms with van der Waals surface area (Å²) in [5.41, 5.74) is 7.16. The fourth-order valence-corrected chi connectivity index (χ4v) is 2.27. The van der Waals surface area contributed by atoms with Crippen molar-refractivity contribution < 1.29 is 0 Å². The molecule has 1 fully saturated rings. The van der Waals surface area contributed by atoms with Crippen molar-refractivity contribution in [3.05, 3.63) is 16.9 Å². The van der Waals surface area contributed by atoms with Crippen molar-refractivity contribution in [2.45, 2.75) is 31.7 Å². The smallest absolute Gasteiger partial charge is 0.174 e. The van der Waals surface area contributed by atoms with E-state index in [0.717, 1.165) is 12.1 Å². The van der Waals surface area contributed by atoms with Gasteiger partial charge in [-0.05, 0) is 32.5 Å². The summed E-state index contributed by atoms with van der Waals surface area (Å²) < 4.78 is 0. The lowest BCUT2D eigenvalue weighted by Crippen LogP contribution is -2.37. The van der Waals surface area contributed by atoms with Crippen LogP contribution in [0.3, 0.4) is 0 Å². The molecular weight excluding hydrogens is 224 g/mol. The number of hydrogen-bond acceptors (Lipinski definition) is 4. The Morgan fingerprint density at radius 1 is 1.50 bits per heavy atom. The molecule has 2 heterocycles. The van der Waals surface area contributed by atoms with Crippen molar-refractivity contribution in [1.29, 1.82) is 0 Å². The number of likely N-dealkylation sites (N-methyl/N-ethyl adjacent to an activating group) is 1. The molecule has 1 atom stereocenters. The number of aromatic nitrogens is 2. The van der Waals surface area contributed by atoms with Gasteiger partial charge in [-0.15, -0.1) is 5.10 Å². The Morgan fingerprint density at radius 3 is 3.00 bits per heavy atom. The molecule has 1 aliphatic heterocycles. The topological polar surface area (TPSA) is 55.0 Å². The van der Waals surface area contributed by atoms with Crippen LogP contribution in [0.5, 0.6) is 0 Å². The number of nitrogens with zero attached hydrogens (tertiary/aromatic N) is 3. The highest BCUT2D eigenvalue weighted by molar-refractivity contribution is 6.31. The van der Waals surface area contributed by atoms with E-state index in [9.17, 15) is 0 Å². The fraction of sp³-hybridized carbons (Fsp3) is 0.636. The van der Waals surface area contributed by atoms with Crippen LogP contribution in [0.25, 0.3) is 0 Å². The first-order valence-corrected chi connectivity index (χ1v) is 6.02. The average molecular weight is 241 g/mol. The maximum Gasteiger partial charge on any atom is 0.174 e. The number of halogens is 1. The number of nitrogen functional groups attached to an aromatic ring is 1. The Labute approximate surface area is 101 Å². The van der Waals surface area contributed by atoms with Crippen molar-refractivity contribution in [2.24, 2.45) is 0 Å². The van der Waals surface area contributed by atoms with Gasteiger partial charge in [0.15, 0.2) is 5.15 Å². The lowest BCUT2D eigenvalue weighted by Gasteiger charge is -2.32. The highest BCUT2D eigenvalue weighted by atomic mass is 35.5. The zero-order valence-electron chi connectivity index (χ0n) is 9.49. The van der Waals surface area contributed by atoms with Crippen LogP contribution in [-0.2, 0) is 6.42 Å². The van der Waals surface area contributed by atoms with Crippen LogP contribution in [0, 0.1) is 0 Å². The molecule has 0 aromatic carbocycles. The van der Waals surface area contributed by atoms with Crippen LogP contribution < -0.4 is 5.73 Å². The quantitative estimate of drug-likeness (QED) is 0.856. The van der Waals surface area contributed by atoms with E-state index in [1.54, 1.807) is 0 Å². The summed E-state index contributed by atoms with van der Waals surface area (Å²) in [6.07, 6.45) is 4.72. The summed E-state index contributed by atoms with van der Waals surface area (Å²) in [7, 11) is 2.16. The zero-order chi connectivity index (χ0) is 11.5. The molecule has 0 bridgehead atoms. The van der Waals surface area contributed by atoms with Gasteiger partial charge in [-0.25, -0.2) is 0 Å². The molecule has 2 N–H and O–H groups in total. The molecular formula is C11H17ClN4. The molecule has 0 aliphatic carbocycles. The normalized spacial score (nSPS) is 22.2. The molecule has 1 aromatic rings. The maximum absolute atomic E-state index is 5.74. The molecule has 88 valence electrons. The van der Waals surface area contributed by atoms with Gasteiger partial charge in [0, 0.05) is 12.5 Å². The van der Waals surface area contributed by atoms with Crippen molar-refractivity contribution in [3.8, 4) is 0 Å². The minimum absolute atomic E-state index is 0.292. The van der Waals surface area contributed by atoms with Crippen LogP contribution >= 0.6 is 11.6 Å². The molecule has 1 saturated heterocycles. The number of anilines is 1. The number of hydrogen-bond donors (Lipinski definition) is 1. The summed E-state index contributed by atoms with van der Waals surface area (Å²) in [4.78, 5) is 2.38. The molecule has 0 spiro atoms. The summed E-state index contributed by atoms with van der Waals surface area (Å²) in [5, 5.41) is 8.21. The third-order valence-corrected chi connectivity index (χ3v) is 3.49. The van der Waals surface area contributed by atoms with E-state index in [2.05, 4.69) is 22.1 Å². The van der Waals surface area contributed by atoms with E-state index < -0.39 is 0 Å². The Bertz CT molecular complexity index is 369. The number of piperidine rings is 1. The molecule has 1 aromatic heterocycles. The van der Waals surface area contributed by atoms with Crippen LogP contribution in [-0.4, -0.2) is 34.7 Å². The zero-order valence-corrected chi connectivity index (χ0v) is 10.2. The van der Waals surface area contributed by atoms with Gasteiger partial charge in [0.25, 0.3) is 0 Å². The van der Waals surface area contributed by atoms with Gasteiger partial charge in [-0.1, -0.05) is 18.0 Å². The van der Waals surface area contributed by atoms with E-state index in [1.165, 1.54) is 25.8 Å². The minimum atomic E-state index is 0.292. The van der Waals surface area contributed by atoms with Crippen molar-refractivity contribution in [2.75, 3.05) is 19.3 Å². The molecule has 1 unspecified atom stereocenters. The van der Waals surface area contributed by atoms with Crippen molar-refractivity contribution in [1.82, 2.24) is 15.1 Å². The Morgan fingerprint density at radius 2 is 2.31 bits per heavy atom. The monoisotopic (exact) mass is 240 g/mol. The number of rotatable bonds is 2. The lowest BCUT2D eigenvalue weighted by molar-refractivity contribution is 0.183. The number of likely N-dealkylation sites (tertiary alicyclic amines) is 1. The predicted molar refractivity (Wildman–Crippen MR) is 65.4 cm³/mol. The van der Waals surface area contributed by atoms with Crippen LogP contribution in [0.15, 0.2) is 6.07 Å². The fourth-order valence-electron chi connectivity index (χ4n) is 2.18. The van der Waals surface area contributed by atoms with E-state index in [0.29, 0.717) is 16.9 Å². The summed E-state index contributed by atoms with van der Waals surface area (Å²) in [6, 6.07) is 2.39. The van der Waals surface area contributed by atoms with Gasteiger partial charge in [0.05, 0.1) is 11.4 Å².